The molecule has 2 aromatic rings. The third kappa shape index (κ3) is 6.30. The fraction of sp³-hybridized carbons (Fsp3) is 0.435. The van der Waals surface area contributed by atoms with Crippen LogP contribution in [0.1, 0.15) is 26.3 Å². The van der Waals surface area contributed by atoms with E-state index in [9.17, 15) is 24.0 Å². The second-order valence-corrected chi connectivity index (χ2v) is 9.54. The molecule has 0 saturated carbocycles. The zero-order valence-corrected chi connectivity index (χ0v) is 23.2. The quantitative estimate of drug-likeness (QED) is 0.187. The normalized spacial score (nSPS) is 25.1. The first kappa shape index (κ1) is 28.6. The first-order valence-corrected chi connectivity index (χ1v) is 12.6. The number of rotatable bonds is 7. The van der Waals surface area contributed by atoms with Gasteiger partial charge in [0, 0.05) is 43.6 Å². The van der Waals surface area contributed by atoms with Crippen LogP contribution in [0.3, 0.4) is 0 Å². The van der Waals surface area contributed by atoms with Crippen molar-refractivity contribution in [1.82, 2.24) is 0 Å². The Balaban J connectivity index is 2.12. The molecule has 1 aliphatic rings. The van der Waals surface area contributed by atoms with Gasteiger partial charge in [-0.3, -0.25) is 14.4 Å². The predicted molar refractivity (Wildman–Crippen MR) is 131 cm³/mol. The summed E-state index contributed by atoms with van der Waals surface area (Å²) in [6, 6.07) is 5.88. The molecular formula is C23H22Br2O12. The number of benzene rings is 1. The maximum absolute atomic E-state index is 12.8. The number of ether oxygens (including phenoxy) is 6. The van der Waals surface area contributed by atoms with Crippen LogP contribution in [0.2, 0.25) is 0 Å². The van der Waals surface area contributed by atoms with Crippen molar-refractivity contribution in [1.29, 1.82) is 0 Å². The first-order chi connectivity index (χ1) is 17.4. The molecule has 3 rings (SSSR count). The van der Waals surface area contributed by atoms with Crippen molar-refractivity contribution >= 4 is 66.7 Å². The van der Waals surface area contributed by atoms with Crippen LogP contribution in [0.4, 0.5) is 0 Å². The van der Waals surface area contributed by atoms with Gasteiger partial charge in [-0.1, -0.05) is 15.9 Å². The average Bonchev–Trinajstić information content (AvgIpc) is 2.81. The van der Waals surface area contributed by atoms with E-state index in [1.165, 1.54) is 18.2 Å². The Labute approximate surface area is 226 Å². The minimum atomic E-state index is -2.23. The molecule has 0 amide bonds. The highest BCUT2D eigenvalue weighted by Gasteiger charge is 2.64. The molecule has 0 bridgehead atoms. The molecule has 0 radical (unpaired) electrons. The van der Waals surface area contributed by atoms with E-state index < -0.39 is 58.6 Å². The summed E-state index contributed by atoms with van der Waals surface area (Å²) in [6.07, 6.45) is -6.35. The zero-order chi connectivity index (χ0) is 27.5. The third-order valence-corrected chi connectivity index (χ3v) is 6.67. The monoisotopic (exact) mass is 648 g/mol. The lowest BCUT2D eigenvalue weighted by molar-refractivity contribution is -0.289. The number of halogens is 2. The lowest BCUT2D eigenvalue weighted by atomic mass is 9.97. The molecule has 14 heteroatoms. The van der Waals surface area contributed by atoms with Gasteiger partial charge < -0.3 is 32.8 Å². The smallest absolute Gasteiger partial charge is 0.353 e. The van der Waals surface area contributed by atoms with Gasteiger partial charge in [0.1, 0.15) is 11.3 Å². The number of esters is 4. The summed E-state index contributed by atoms with van der Waals surface area (Å²) in [5.74, 6) is -3.48. The molecule has 37 heavy (non-hydrogen) atoms. The minimum Gasteiger partial charge on any atom is -0.466 e. The van der Waals surface area contributed by atoms with Crippen LogP contribution < -0.4 is 10.4 Å². The van der Waals surface area contributed by atoms with E-state index in [1.54, 1.807) is 6.07 Å². The van der Waals surface area contributed by atoms with Crippen molar-refractivity contribution in [2.75, 3.05) is 7.11 Å². The van der Waals surface area contributed by atoms with Crippen LogP contribution in [0.5, 0.6) is 5.75 Å². The number of alkyl halides is 2. The van der Waals surface area contributed by atoms with Crippen molar-refractivity contribution in [2.24, 2.45) is 0 Å². The van der Waals surface area contributed by atoms with E-state index in [1.807, 2.05) is 0 Å². The topological polar surface area (TPSA) is 154 Å². The maximum atomic E-state index is 12.8. The van der Waals surface area contributed by atoms with Crippen molar-refractivity contribution in [3.8, 4) is 5.75 Å². The minimum absolute atomic E-state index is 0.0803. The number of carbonyl (C=O) groups is 4. The molecule has 0 spiro atoms. The Hall–Kier alpha value is -2.97. The van der Waals surface area contributed by atoms with Gasteiger partial charge in [-0.25, -0.2) is 9.59 Å². The highest BCUT2D eigenvalue weighted by atomic mass is 79.9. The average molecular weight is 650 g/mol. The molecular weight excluding hydrogens is 628 g/mol. The van der Waals surface area contributed by atoms with Gasteiger partial charge in [-0.05, 0) is 33.6 Å². The number of hydrogen-bond donors (Lipinski definition) is 0. The molecule has 1 aromatic carbocycles. The molecule has 0 N–H and O–H groups in total. The van der Waals surface area contributed by atoms with Gasteiger partial charge in [0.25, 0.3) is 4.51 Å². The summed E-state index contributed by atoms with van der Waals surface area (Å²) in [4.78, 5) is 60.5. The molecule has 1 saturated heterocycles. The molecule has 1 aliphatic heterocycles. The van der Waals surface area contributed by atoms with Crippen LogP contribution in [0.15, 0.2) is 33.5 Å². The summed E-state index contributed by atoms with van der Waals surface area (Å²) in [5, 5.41) is 1.02. The summed E-state index contributed by atoms with van der Waals surface area (Å²) < 4.78 is 35.5. The second-order valence-electron chi connectivity index (χ2n) is 7.80. The molecule has 1 fully saturated rings. The van der Waals surface area contributed by atoms with Gasteiger partial charge in [-0.15, -0.1) is 0 Å². The fourth-order valence-corrected chi connectivity index (χ4v) is 4.88. The largest absolute Gasteiger partial charge is 0.466 e. The van der Waals surface area contributed by atoms with Gasteiger partial charge >= 0.3 is 29.5 Å². The molecule has 2 heterocycles. The van der Waals surface area contributed by atoms with E-state index in [-0.39, 0.29) is 11.3 Å². The predicted octanol–water partition coefficient (Wildman–Crippen LogP) is 2.48. The molecule has 200 valence electrons. The van der Waals surface area contributed by atoms with Crippen LogP contribution in [-0.4, -0.2) is 60.1 Å². The number of carbonyl (C=O) groups excluding carboxylic acids is 4. The van der Waals surface area contributed by atoms with Crippen molar-refractivity contribution < 1.29 is 52.0 Å². The molecule has 0 aliphatic carbocycles. The summed E-state index contributed by atoms with van der Waals surface area (Å²) >= 11 is 6.43. The first-order valence-electron chi connectivity index (χ1n) is 10.7. The summed E-state index contributed by atoms with van der Waals surface area (Å²) in [7, 11) is 1.06. The second kappa shape index (κ2) is 11.6. The summed E-state index contributed by atoms with van der Waals surface area (Å²) in [6.45, 7) is 3.22. The number of hydrogen-bond acceptors (Lipinski definition) is 12. The standard InChI is InChI=1S/C23H22Br2O12/c1-10(26)32-18-19(33-11(2)27)21(37-23(25,22(30)31-4)20(18)34-12(3)28)35-14-5-6-15-13(9-24)7-17(29)36-16(15)8-14/h5-8,18-21H,9H2,1-4H3/t18?,19?,20-,21+,23?/m0/s1. The van der Waals surface area contributed by atoms with Crippen LogP contribution in [-0.2, 0) is 48.2 Å². The molecule has 12 nitrogen and oxygen atoms in total. The van der Waals surface area contributed by atoms with E-state index in [4.69, 9.17) is 32.8 Å². The van der Waals surface area contributed by atoms with Gasteiger partial charge in [-0.2, -0.15) is 0 Å². The number of fused-ring (bicyclic) bond motifs is 1. The van der Waals surface area contributed by atoms with Crippen molar-refractivity contribution in [2.45, 2.75) is 55.2 Å². The SMILES string of the molecule is COC(=O)C1(Br)O[C@@H](Oc2ccc3c(CBr)cc(=O)oc3c2)C(OC(C)=O)C(OC(C)=O)[C@@H]1OC(C)=O. The summed E-state index contributed by atoms with van der Waals surface area (Å²) in [5.41, 5.74) is 0.274. The Morgan fingerprint density at radius 1 is 0.973 bits per heavy atom. The lowest BCUT2D eigenvalue weighted by Crippen LogP contribution is -2.68. The van der Waals surface area contributed by atoms with Crippen molar-refractivity contribution in [3.05, 3.63) is 40.2 Å². The van der Waals surface area contributed by atoms with Crippen LogP contribution >= 0.6 is 31.9 Å². The van der Waals surface area contributed by atoms with Crippen molar-refractivity contribution in [3.63, 3.8) is 0 Å². The fourth-order valence-electron chi connectivity index (χ4n) is 3.72. The molecule has 5 atom stereocenters. The zero-order valence-electron chi connectivity index (χ0n) is 20.0. The van der Waals surface area contributed by atoms with Crippen LogP contribution in [0, 0.1) is 0 Å². The van der Waals surface area contributed by atoms with E-state index >= 15 is 0 Å². The Bertz CT molecular complexity index is 1270. The Kier molecular flexibility index (Phi) is 8.97. The third-order valence-electron chi connectivity index (χ3n) is 5.10. The highest BCUT2D eigenvalue weighted by Crippen LogP contribution is 2.41. The van der Waals surface area contributed by atoms with E-state index in [0.29, 0.717) is 16.3 Å². The Morgan fingerprint density at radius 2 is 1.59 bits per heavy atom. The molecule has 1 aromatic heterocycles. The van der Waals surface area contributed by atoms with Gasteiger partial charge in [0.15, 0.2) is 12.2 Å². The molecule has 3 unspecified atom stereocenters. The van der Waals surface area contributed by atoms with E-state index in [0.717, 1.165) is 27.9 Å². The number of methoxy groups -OCH3 is 1. The van der Waals surface area contributed by atoms with Gasteiger partial charge in [0.05, 0.1) is 7.11 Å². The maximum Gasteiger partial charge on any atom is 0.353 e. The van der Waals surface area contributed by atoms with E-state index in [2.05, 4.69) is 31.9 Å². The highest BCUT2D eigenvalue weighted by molar-refractivity contribution is 9.10. The van der Waals surface area contributed by atoms with Gasteiger partial charge in [0.2, 0.25) is 12.4 Å². The van der Waals surface area contributed by atoms with Crippen LogP contribution in [0.25, 0.3) is 11.0 Å². The Morgan fingerprint density at radius 3 is 2.16 bits per heavy atom. The lowest BCUT2D eigenvalue weighted by Gasteiger charge is -2.46.